The van der Waals surface area contributed by atoms with Crippen LogP contribution in [0.15, 0.2) is 59.6 Å². The van der Waals surface area contributed by atoms with Crippen LogP contribution in [-0.4, -0.2) is 49.5 Å². The number of rotatable bonds is 4. The van der Waals surface area contributed by atoms with Crippen LogP contribution in [0.1, 0.15) is 12.5 Å². The van der Waals surface area contributed by atoms with Gasteiger partial charge in [0.15, 0.2) is 10.7 Å². The van der Waals surface area contributed by atoms with Crippen molar-refractivity contribution in [3.8, 4) is 0 Å². The van der Waals surface area contributed by atoms with E-state index in [0.29, 0.717) is 18.0 Å². The molecule has 1 fully saturated rings. The molecule has 0 bridgehead atoms. The lowest BCUT2D eigenvalue weighted by Gasteiger charge is -2.41. The Kier molecular flexibility index (Phi) is 5.32. The Labute approximate surface area is 172 Å². The van der Waals surface area contributed by atoms with Gasteiger partial charge < -0.3 is 14.4 Å². The van der Waals surface area contributed by atoms with Crippen LogP contribution in [0.3, 0.4) is 0 Å². The number of thiol groups is 1. The largest absolute Gasteiger partial charge is 0.368 e. The summed E-state index contributed by atoms with van der Waals surface area (Å²) in [5.74, 6) is 0.122. The Morgan fingerprint density at radius 1 is 1.07 bits per heavy atom. The molecule has 3 aromatic rings. The third-order valence-corrected chi connectivity index (χ3v) is 6.39. The van der Waals surface area contributed by atoms with Crippen molar-refractivity contribution in [2.45, 2.75) is 31.3 Å². The number of carbonyl (C=O) groups is 1. The highest BCUT2D eigenvalue weighted by Crippen LogP contribution is 2.23. The van der Waals surface area contributed by atoms with Crippen molar-refractivity contribution < 1.29 is 13.2 Å². The predicted molar refractivity (Wildman–Crippen MR) is 115 cm³/mol. The van der Waals surface area contributed by atoms with Crippen molar-refractivity contribution in [3.05, 3.63) is 60.3 Å². The van der Waals surface area contributed by atoms with E-state index in [-0.39, 0.29) is 11.9 Å². The minimum absolute atomic E-state index is 0.0787. The van der Waals surface area contributed by atoms with Gasteiger partial charge in [0, 0.05) is 48.5 Å². The van der Waals surface area contributed by atoms with Gasteiger partial charge in [-0.3, -0.25) is 4.79 Å². The topological polar surface area (TPSA) is 62.6 Å². The number of hydrogen-bond donors (Lipinski definition) is 1. The summed E-state index contributed by atoms with van der Waals surface area (Å²) in [5.41, 5.74) is 3.24. The molecule has 4 rings (SSSR count). The summed E-state index contributed by atoms with van der Waals surface area (Å²) in [4.78, 5) is 17.5. The van der Waals surface area contributed by atoms with Gasteiger partial charge >= 0.3 is 0 Å². The number of para-hydroxylation sites is 1. The molecule has 0 aliphatic carbocycles. The fourth-order valence-corrected chi connectivity index (χ4v) is 4.54. The van der Waals surface area contributed by atoms with E-state index in [1.165, 1.54) is 10.9 Å². The van der Waals surface area contributed by atoms with Gasteiger partial charge in [-0.15, -0.1) is 0 Å². The summed E-state index contributed by atoms with van der Waals surface area (Å²) < 4.78 is 24.2. The maximum atomic E-state index is 13.0. The molecular formula is C22H25N3O3S. The zero-order chi connectivity index (χ0) is 20.5. The fourth-order valence-electron chi connectivity index (χ4n) is 4.15. The molecule has 1 saturated heterocycles. The van der Waals surface area contributed by atoms with Crippen LogP contribution in [0.25, 0.3) is 10.9 Å². The van der Waals surface area contributed by atoms with Crippen LogP contribution in [0, 0.1) is 6.92 Å². The summed E-state index contributed by atoms with van der Waals surface area (Å²) in [7, 11) is -2.56. The predicted octanol–water partition coefficient (Wildman–Crippen LogP) is 2.66. The molecule has 1 unspecified atom stereocenters. The molecule has 2 aromatic carbocycles. The number of benzene rings is 2. The number of hydrogen-bond acceptors (Lipinski definition) is 4. The molecule has 0 saturated carbocycles. The number of fused-ring (bicyclic) bond motifs is 1. The fraction of sp³-hybridized carbons (Fsp3) is 0.318. The Hall–Kier alpha value is -2.80. The standard InChI is InChI=1S/C22H25N3O3S/c1-16-13-24(21-6-4-3-5-20(16)21)15-22(26)25-12-11-23(14-17(25)2)18-7-9-19(10-8-18)29(27)28/h3-10,13,17,29H,11-12,14-15H2,1-2H3. The van der Waals surface area contributed by atoms with Crippen LogP contribution >= 0.6 is 0 Å². The van der Waals surface area contributed by atoms with Gasteiger partial charge in [-0.25, -0.2) is 8.42 Å². The third kappa shape index (κ3) is 3.87. The summed E-state index contributed by atoms with van der Waals surface area (Å²) >= 11 is 0. The molecule has 29 heavy (non-hydrogen) atoms. The first-order valence-electron chi connectivity index (χ1n) is 9.77. The number of piperazine rings is 1. The first kappa shape index (κ1) is 19.5. The SMILES string of the molecule is Cc1cn(CC(=O)N2CCN(c3ccc([SH](=O)=O)cc3)CC2C)c2ccccc12. The molecule has 1 aliphatic heterocycles. The molecule has 0 radical (unpaired) electrons. The van der Waals surface area contributed by atoms with E-state index in [4.69, 9.17) is 0 Å². The molecule has 0 N–H and O–H groups in total. The number of carbonyl (C=O) groups excluding carboxylic acids is 1. The lowest BCUT2D eigenvalue weighted by molar-refractivity contribution is -0.134. The van der Waals surface area contributed by atoms with E-state index in [1.807, 2.05) is 39.9 Å². The van der Waals surface area contributed by atoms with Crippen molar-refractivity contribution >= 4 is 33.2 Å². The van der Waals surface area contributed by atoms with Crippen LogP contribution in [-0.2, 0) is 22.0 Å². The van der Waals surface area contributed by atoms with E-state index in [2.05, 4.69) is 30.9 Å². The van der Waals surface area contributed by atoms with Crippen molar-refractivity contribution in [2.75, 3.05) is 24.5 Å². The summed E-state index contributed by atoms with van der Waals surface area (Å²) in [6.07, 6.45) is 2.05. The zero-order valence-corrected chi connectivity index (χ0v) is 17.5. The van der Waals surface area contributed by atoms with Crippen molar-refractivity contribution in [2.24, 2.45) is 0 Å². The minimum Gasteiger partial charge on any atom is -0.368 e. The monoisotopic (exact) mass is 411 g/mol. The molecule has 152 valence electrons. The van der Waals surface area contributed by atoms with E-state index < -0.39 is 10.7 Å². The normalized spacial score (nSPS) is 17.3. The highest BCUT2D eigenvalue weighted by atomic mass is 32.2. The summed E-state index contributed by atoms with van der Waals surface area (Å²) in [6, 6.07) is 15.2. The number of nitrogens with zero attached hydrogens (tertiary/aromatic N) is 3. The molecule has 1 aromatic heterocycles. The lowest BCUT2D eigenvalue weighted by atomic mass is 10.1. The molecule has 6 nitrogen and oxygen atoms in total. The van der Waals surface area contributed by atoms with Crippen LogP contribution in [0.2, 0.25) is 0 Å². The zero-order valence-electron chi connectivity index (χ0n) is 16.6. The smallest absolute Gasteiger partial charge is 0.242 e. The second-order valence-corrected chi connectivity index (χ2v) is 8.64. The number of amides is 1. The molecule has 0 spiro atoms. The number of aryl methyl sites for hydroxylation is 1. The highest BCUT2D eigenvalue weighted by molar-refractivity contribution is 7.72. The summed E-state index contributed by atoms with van der Waals surface area (Å²) in [5, 5.41) is 1.18. The molecule has 2 heterocycles. The van der Waals surface area contributed by atoms with Gasteiger partial charge in [0.25, 0.3) is 0 Å². The average Bonchev–Trinajstić information content (AvgIpc) is 3.03. The maximum absolute atomic E-state index is 13.0. The molecule has 1 amide bonds. The first-order valence-corrected chi connectivity index (χ1v) is 10.9. The van der Waals surface area contributed by atoms with Crippen LogP contribution < -0.4 is 4.90 Å². The van der Waals surface area contributed by atoms with Gasteiger partial charge in [0.1, 0.15) is 6.54 Å². The van der Waals surface area contributed by atoms with Gasteiger partial charge in [-0.2, -0.15) is 0 Å². The average molecular weight is 412 g/mol. The Bertz CT molecular complexity index is 1110. The van der Waals surface area contributed by atoms with E-state index in [0.717, 1.165) is 24.3 Å². The highest BCUT2D eigenvalue weighted by Gasteiger charge is 2.27. The van der Waals surface area contributed by atoms with E-state index in [9.17, 15) is 13.2 Å². The summed E-state index contributed by atoms with van der Waals surface area (Å²) in [6.45, 7) is 6.56. The van der Waals surface area contributed by atoms with Crippen LogP contribution in [0.4, 0.5) is 5.69 Å². The van der Waals surface area contributed by atoms with Crippen LogP contribution in [0.5, 0.6) is 0 Å². The van der Waals surface area contributed by atoms with Crippen molar-refractivity contribution in [1.29, 1.82) is 0 Å². The van der Waals surface area contributed by atoms with Gasteiger partial charge in [-0.1, -0.05) is 18.2 Å². The lowest BCUT2D eigenvalue weighted by Crippen LogP contribution is -2.54. The van der Waals surface area contributed by atoms with Gasteiger partial charge in [0.2, 0.25) is 5.91 Å². The van der Waals surface area contributed by atoms with E-state index >= 15 is 0 Å². The van der Waals surface area contributed by atoms with Crippen molar-refractivity contribution in [3.63, 3.8) is 0 Å². The Morgan fingerprint density at radius 2 is 1.79 bits per heavy atom. The molecule has 7 heteroatoms. The first-order chi connectivity index (χ1) is 13.9. The van der Waals surface area contributed by atoms with E-state index in [1.54, 1.807) is 12.1 Å². The third-order valence-electron chi connectivity index (χ3n) is 5.67. The maximum Gasteiger partial charge on any atom is 0.242 e. The van der Waals surface area contributed by atoms with Crippen molar-refractivity contribution in [1.82, 2.24) is 9.47 Å². The Balaban J connectivity index is 1.44. The molecular weight excluding hydrogens is 386 g/mol. The quantitative estimate of drug-likeness (QED) is 0.671. The number of aromatic nitrogens is 1. The molecule has 1 aliphatic rings. The molecule has 1 atom stereocenters. The van der Waals surface area contributed by atoms with Gasteiger partial charge in [0.05, 0.1) is 4.90 Å². The number of anilines is 1. The second kappa shape index (κ2) is 7.91. The minimum atomic E-state index is -2.56. The Morgan fingerprint density at radius 3 is 2.48 bits per heavy atom. The van der Waals surface area contributed by atoms with Gasteiger partial charge in [-0.05, 0) is 49.7 Å². The second-order valence-electron chi connectivity index (χ2n) is 7.61.